The van der Waals surface area contributed by atoms with Crippen LogP contribution in [0.4, 0.5) is 0 Å². The third kappa shape index (κ3) is 6.45. The number of unbranched alkanes of at least 4 members (excludes halogenated alkanes) is 7. The smallest absolute Gasteiger partial charge is 0.182 e. The summed E-state index contributed by atoms with van der Waals surface area (Å²) in [5, 5.41) is 0. The summed E-state index contributed by atoms with van der Waals surface area (Å²) in [6.07, 6.45) is 14.1. The molecule has 0 amide bonds. The van der Waals surface area contributed by atoms with Crippen LogP contribution in [0.3, 0.4) is 0 Å². The summed E-state index contributed by atoms with van der Waals surface area (Å²) in [6, 6.07) is 9.93. The maximum absolute atomic E-state index is 12.3. The van der Waals surface area contributed by atoms with E-state index in [1.54, 1.807) is 0 Å². The summed E-state index contributed by atoms with van der Waals surface area (Å²) in [4.78, 5) is 24.6. The van der Waals surface area contributed by atoms with Crippen LogP contribution < -0.4 is 0 Å². The van der Waals surface area contributed by atoms with Gasteiger partial charge in [-0.25, -0.2) is 0 Å². The van der Waals surface area contributed by atoms with E-state index in [0.29, 0.717) is 12.0 Å². The van der Waals surface area contributed by atoms with Crippen molar-refractivity contribution in [2.24, 2.45) is 0 Å². The van der Waals surface area contributed by atoms with Crippen LogP contribution in [0.5, 0.6) is 0 Å². The minimum atomic E-state index is -0.00183. The fourth-order valence-electron chi connectivity index (χ4n) is 3.35. The molecule has 0 heterocycles. The van der Waals surface area contributed by atoms with Gasteiger partial charge in [-0.15, -0.1) is 0 Å². The van der Waals surface area contributed by atoms with E-state index in [2.05, 4.69) is 6.92 Å². The van der Waals surface area contributed by atoms with Crippen LogP contribution in [0.15, 0.2) is 53.6 Å². The van der Waals surface area contributed by atoms with Crippen LogP contribution in [-0.2, 0) is 16.0 Å². The second-order valence-corrected chi connectivity index (χ2v) is 6.91. The summed E-state index contributed by atoms with van der Waals surface area (Å²) < 4.78 is 0. The van der Waals surface area contributed by atoms with E-state index < -0.39 is 0 Å². The number of ketones is 2. The first-order valence-corrected chi connectivity index (χ1v) is 9.75. The molecule has 0 saturated heterocycles. The van der Waals surface area contributed by atoms with Crippen molar-refractivity contribution in [3.8, 4) is 0 Å². The molecule has 0 spiro atoms. The van der Waals surface area contributed by atoms with E-state index in [0.717, 1.165) is 30.4 Å². The molecule has 0 unspecified atom stereocenters. The minimum Gasteiger partial charge on any atom is -0.290 e. The fraction of sp³-hybridized carbons (Fsp3) is 0.478. The molecule has 0 atom stereocenters. The Bertz CT molecular complexity index is 623. The van der Waals surface area contributed by atoms with Crippen molar-refractivity contribution in [3.05, 3.63) is 59.2 Å². The monoisotopic (exact) mass is 338 g/mol. The minimum absolute atomic E-state index is 0.00183. The molecule has 0 aliphatic heterocycles. The first-order chi connectivity index (χ1) is 12.2. The van der Waals surface area contributed by atoms with Crippen molar-refractivity contribution in [3.63, 3.8) is 0 Å². The van der Waals surface area contributed by atoms with Crippen molar-refractivity contribution in [1.29, 1.82) is 0 Å². The van der Waals surface area contributed by atoms with Gasteiger partial charge in [-0.2, -0.15) is 0 Å². The van der Waals surface area contributed by atoms with Gasteiger partial charge in [0.25, 0.3) is 0 Å². The van der Waals surface area contributed by atoms with Crippen molar-refractivity contribution in [2.45, 2.75) is 71.1 Å². The van der Waals surface area contributed by atoms with Crippen molar-refractivity contribution >= 4 is 11.6 Å². The molecule has 1 aliphatic rings. The first-order valence-electron chi connectivity index (χ1n) is 9.75. The highest BCUT2D eigenvalue weighted by Crippen LogP contribution is 2.24. The molecule has 1 aromatic rings. The maximum atomic E-state index is 12.3. The molecule has 0 radical (unpaired) electrons. The van der Waals surface area contributed by atoms with Gasteiger partial charge in [-0.05, 0) is 30.6 Å². The lowest BCUT2D eigenvalue weighted by Gasteiger charge is -2.15. The Labute approximate surface area is 152 Å². The number of rotatable bonds is 11. The van der Waals surface area contributed by atoms with Crippen LogP contribution in [0.25, 0.3) is 0 Å². The Kier molecular flexibility index (Phi) is 8.38. The van der Waals surface area contributed by atoms with Gasteiger partial charge >= 0.3 is 0 Å². The molecule has 1 aromatic carbocycles. The molecule has 25 heavy (non-hydrogen) atoms. The second kappa shape index (κ2) is 10.8. The lowest BCUT2D eigenvalue weighted by Crippen LogP contribution is -2.16. The zero-order chi connectivity index (χ0) is 17.9. The van der Waals surface area contributed by atoms with Gasteiger partial charge < -0.3 is 0 Å². The third-order valence-electron chi connectivity index (χ3n) is 4.85. The largest absolute Gasteiger partial charge is 0.290 e. The lowest BCUT2D eigenvalue weighted by atomic mass is 9.87. The Morgan fingerprint density at radius 3 is 1.88 bits per heavy atom. The number of hydrogen-bond donors (Lipinski definition) is 0. The molecule has 0 fully saturated rings. The summed E-state index contributed by atoms with van der Waals surface area (Å²) in [5.74, 6) is 0.0199. The van der Waals surface area contributed by atoms with E-state index >= 15 is 0 Å². The van der Waals surface area contributed by atoms with Crippen LogP contribution in [0.2, 0.25) is 0 Å². The molecule has 1 aliphatic carbocycles. The first kappa shape index (κ1) is 19.4. The Morgan fingerprint density at radius 1 is 0.680 bits per heavy atom. The average molecular weight is 338 g/mol. The number of hydrogen-bond acceptors (Lipinski definition) is 2. The fourth-order valence-corrected chi connectivity index (χ4v) is 3.35. The van der Waals surface area contributed by atoms with Gasteiger partial charge in [0.15, 0.2) is 11.6 Å². The summed E-state index contributed by atoms with van der Waals surface area (Å²) >= 11 is 0. The summed E-state index contributed by atoms with van der Waals surface area (Å²) in [5.41, 5.74) is 2.52. The lowest BCUT2D eigenvalue weighted by molar-refractivity contribution is -0.115. The van der Waals surface area contributed by atoms with Gasteiger partial charge in [0, 0.05) is 17.6 Å². The standard InChI is InChI=1S/C23H30O2/c1-2-3-4-5-6-7-8-12-15-20-21(23(25)17-16-22(20)24)18-19-13-10-9-11-14-19/h9-11,13-14,16-17H,2-8,12,15,18H2,1H3. The highest BCUT2D eigenvalue weighted by Gasteiger charge is 2.22. The molecular weight excluding hydrogens is 308 g/mol. The second-order valence-electron chi connectivity index (χ2n) is 6.91. The Hall–Kier alpha value is -1.96. The highest BCUT2D eigenvalue weighted by atomic mass is 16.1. The van der Waals surface area contributed by atoms with Crippen molar-refractivity contribution in [2.75, 3.05) is 0 Å². The van der Waals surface area contributed by atoms with Crippen LogP contribution >= 0.6 is 0 Å². The molecular formula is C23H30O2. The van der Waals surface area contributed by atoms with Crippen molar-refractivity contribution < 1.29 is 9.59 Å². The van der Waals surface area contributed by atoms with E-state index in [1.807, 2.05) is 30.3 Å². The van der Waals surface area contributed by atoms with Crippen LogP contribution in [0.1, 0.15) is 70.3 Å². The van der Waals surface area contributed by atoms with Crippen molar-refractivity contribution in [1.82, 2.24) is 0 Å². The molecule has 0 N–H and O–H groups in total. The van der Waals surface area contributed by atoms with Gasteiger partial charge in [0.2, 0.25) is 0 Å². The predicted molar refractivity (Wildman–Crippen MR) is 104 cm³/mol. The van der Waals surface area contributed by atoms with Gasteiger partial charge in [-0.3, -0.25) is 9.59 Å². The normalized spacial score (nSPS) is 14.4. The molecule has 0 aromatic heterocycles. The zero-order valence-corrected chi connectivity index (χ0v) is 15.4. The zero-order valence-electron chi connectivity index (χ0n) is 15.4. The number of carbonyl (C=O) groups excluding carboxylic acids is 2. The van der Waals surface area contributed by atoms with Crippen LogP contribution in [0, 0.1) is 0 Å². The summed E-state index contributed by atoms with van der Waals surface area (Å²) in [7, 11) is 0. The molecule has 0 saturated carbocycles. The number of benzene rings is 1. The van der Waals surface area contributed by atoms with Gasteiger partial charge in [0.05, 0.1) is 0 Å². The highest BCUT2D eigenvalue weighted by molar-refractivity contribution is 6.20. The Balaban J connectivity index is 1.88. The average Bonchev–Trinajstić information content (AvgIpc) is 2.63. The van der Waals surface area contributed by atoms with Crippen LogP contribution in [-0.4, -0.2) is 11.6 Å². The molecule has 0 bridgehead atoms. The van der Waals surface area contributed by atoms with E-state index in [-0.39, 0.29) is 11.6 Å². The quantitative estimate of drug-likeness (QED) is 0.379. The molecule has 2 heteroatoms. The SMILES string of the molecule is CCCCCCCCCCC1=C(Cc2ccccc2)C(=O)C=CC1=O. The van der Waals surface area contributed by atoms with E-state index in [1.165, 1.54) is 50.7 Å². The molecule has 134 valence electrons. The molecule has 2 nitrogen and oxygen atoms in total. The third-order valence-corrected chi connectivity index (χ3v) is 4.85. The van der Waals surface area contributed by atoms with Gasteiger partial charge in [-0.1, -0.05) is 82.2 Å². The molecule has 2 rings (SSSR count). The topological polar surface area (TPSA) is 34.1 Å². The maximum Gasteiger partial charge on any atom is 0.182 e. The summed E-state index contributed by atoms with van der Waals surface area (Å²) in [6.45, 7) is 2.23. The predicted octanol–water partition coefficient (Wildman–Crippen LogP) is 5.76. The van der Waals surface area contributed by atoms with E-state index in [4.69, 9.17) is 0 Å². The number of allylic oxidation sites excluding steroid dienone is 4. The van der Waals surface area contributed by atoms with E-state index in [9.17, 15) is 9.59 Å². The Morgan fingerprint density at radius 2 is 1.24 bits per heavy atom. The number of carbonyl (C=O) groups is 2. The van der Waals surface area contributed by atoms with Gasteiger partial charge in [0.1, 0.15) is 0 Å².